The van der Waals surface area contributed by atoms with Crippen LogP contribution >= 0.6 is 0 Å². The number of esters is 3. The molecule has 0 bridgehead atoms. The molecule has 0 aliphatic carbocycles. The maximum Gasteiger partial charge on any atom is 0.338 e. The van der Waals surface area contributed by atoms with Crippen LogP contribution in [0, 0.1) is 17.8 Å². The lowest BCUT2D eigenvalue weighted by molar-refractivity contribution is -0.319. The van der Waals surface area contributed by atoms with Crippen LogP contribution in [0.4, 0.5) is 0 Å². The predicted octanol–water partition coefficient (Wildman–Crippen LogP) is 11.9. The number of unbranched alkanes of at least 4 members (excludes halogenated alkanes) is 2. The largest absolute Gasteiger partial charge is 0.467 e. The van der Waals surface area contributed by atoms with E-state index in [9.17, 15) is 24.0 Å². The standard InChI is InChI=1S/C30H47NO6.C27H43NO4/c1-9-12-18-36-27(33)24(19-21(4)23-16-14-13-15-17-23)26(28(34)35-8)37-31-29(6,10-2)20-25(32)22(5)30(31,7)11-3;1-8-11-17-31-25(30)24(18-20(4)22-15-13-12-14-16-22)32-28-26(6,9-2)19-23(29)21(5)27(28,7)10-3/h13-17,21-22,24,26H,9-12,18-20H2,1-8H3;12-16,20-21,24H,8-11,17-19H2,1-7H3. The Hall–Kier alpha value is -3.97. The van der Waals surface area contributed by atoms with Crippen LogP contribution < -0.4 is 0 Å². The van der Waals surface area contributed by atoms with E-state index in [0.717, 1.165) is 44.1 Å². The Balaban J connectivity index is 0.000000369. The number of piperidine rings is 2. The van der Waals surface area contributed by atoms with Gasteiger partial charge in [-0.3, -0.25) is 24.1 Å². The normalized spacial score (nSPS) is 27.5. The van der Waals surface area contributed by atoms with Crippen molar-refractivity contribution in [3.05, 3.63) is 71.8 Å². The molecule has 0 spiro atoms. The third-order valence-corrected chi connectivity index (χ3v) is 16.0. The number of hydrogen-bond donors (Lipinski definition) is 0. The number of rotatable bonds is 24. The Labute approximate surface area is 416 Å². The number of carbonyl (C=O) groups is 5. The Morgan fingerprint density at radius 2 is 1.00 bits per heavy atom. The van der Waals surface area contributed by atoms with E-state index in [1.807, 2.05) is 114 Å². The number of benzene rings is 2. The molecule has 12 nitrogen and oxygen atoms in total. The summed E-state index contributed by atoms with van der Waals surface area (Å²) in [5, 5.41) is 3.84. The third kappa shape index (κ3) is 14.6. The van der Waals surface area contributed by atoms with Gasteiger partial charge < -0.3 is 14.2 Å². The maximum absolute atomic E-state index is 13.5. The lowest BCUT2D eigenvalue weighted by Gasteiger charge is -2.56. The molecule has 2 saturated heterocycles. The van der Waals surface area contributed by atoms with Gasteiger partial charge in [-0.2, -0.15) is 10.1 Å². The van der Waals surface area contributed by atoms with Gasteiger partial charge in [0.2, 0.25) is 0 Å². The van der Waals surface area contributed by atoms with Crippen molar-refractivity contribution >= 4 is 29.5 Å². The summed E-state index contributed by atoms with van der Waals surface area (Å²) in [6.07, 6.45) is 5.88. The monoisotopic (exact) mass is 963 g/mol. The fourth-order valence-electron chi connectivity index (χ4n) is 9.95. The number of hydrogen-bond acceptors (Lipinski definition) is 12. The van der Waals surface area contributed by atoms with Gasteiger partial charge in [-0.1, -0.05) is 143 Å². The van der Waals surface area contributed by atoms with Crippen molar-refractivity contribution in [2.45, 2.75) is 220 Å². The first-order valence-electron chi connectivity index (χ1n) is 26.1. The van der Waals surface area contributed by atoms with E-state index in [0.29, 0.717) is 45.1 Å². The van der Waals surface area contributed by atoms with Gasteiger partial charge in [0.15, 0.2) is 12.2 Å². The third-order valence-electron chi connectivity index (χ3n) is 16.0. The van der Waals surface area contributed by atoms with Crippen molar-refractivity contribution in [2.75, 3.05) is 20.3 Å². The summed E-state index contributed by atoms with van der Waals surface area (Å²) in [6.45, 7) is 29.2. The van der Waals surface area contributed by atoms with Crippen LogP contribution in [0.1, 0.15) is 197 Å². The van der Waals surface area contributed by atoms with Gasteiger partial charge in [-0.25, -0.2) is 9.59 Å². The van der Waals surface area contributed by atoms with Gasteiger partial charge in [0.1, 0.15) is 11.6 Å². The number of carbonyl (C=O) groups excluding carboxylic acids is 5. The second-order valence-electron chi connectivity index (χ2n) is 20.8. The summed E-state index contributed by atoms with van der Waals surface area (Å²) in [5.74, 6) is -2.22. The molecule has 2 aromatic rings. The number of ether oxygens (including phenoxy) is 3. The van der Waals surface area contributed by atoms with Crippen LogP contribution in [0.5, 0.6) is 0 Å². The van der Waals surface area contributed by atoms with E-state index in [4.69, 9.17) is 23.9 Å². The van der Waals surface area contributed by atoms with Crippen LogP contribution in [0.2, 0.25) is 0 Å². The number of methoxy groups -OCH3 is 1. The van der Waals surface area contributed by atoms with Crippen molar-refractivity contribution in [2.24, 2.45) is 17.8 Å². The second kappa shape index (κ2) is 27.0. The number of Topliss-reactive ketones (excluding diaryl/α,β-unsaturated/α-hetero) is 2. The highest BCUT2D eigenvalue weighted by atomic mass is 16.7. The molecule has 11 unspecified atom stereocenters. The molecule has 4 rings (SSSR count). The zero-order chi connectivity index (χ0) is 51.7. The molecule has 2 aromatic carbocycles. The van der Waals surface area contributed by atoms with E-state index in [1.165, 1.54) is 12.7 Å². The zero-order valence-corrected chi connectivity index (χ0v) is 45.2. The highest BCUT2D eigenvalue weighted by molar-refractivity contribution is 5.85. The quantitative estimate of drug-likeness (QED) is 0.0562. The molecule has 0 amide bonds. The average Bonchev–Trinajstić information content (AvgIpc) is 3.35. The lowest BCUT2D eigenvalue weighted by atomic mass is 9.70. The summed E-state index contributed by atoms with van der Waals surface area (Å²) >= 11 is 0. The Bertz CT molecular complexity index is 1930. The van der Waals surface area contributed by atoms with Gasteiger partial charge in [0.25, 0.3) is 0 Å². The Kier molecular flexibility index (Phi) is 23.2. The first kappa shape index (κ1) is 59.3. The highest BCUT2D eigenvalue weighted by Gasteiger charge is 2.57. The Morgan fingerprint density at radius 3 is 1.39 bits per heavy atom. The SMILES string of the molecule is CCCCOC(=O)C(CC(C)c1ccccc1)C(ON1C(C)(CC)CC(=O)C(C)C1(C)CC)C(=O)OC.CCCCOC(=O)C(CC(C)c1ccccc1)ON1C(C)(CC)CC(=O)C(C)C1(C)CC. The number of nitrogens with zero attached hydrogens (tertiary/aromatic N) is 2. The minimum absolute atomic E-state index is 0.0299. The van der Waals surface area contributed by atoms with E-state index in [2.05, 4.69) is 53.7 Å². The minimum Gasteiger partial charge on any atom is -0.467 e. The molecule has 0 aromatic heterocycles. The molecule has 12 heteroatoms. The molecule has 11 atom stereocenters. The summed E-state index contributed by atoms with van der Waals surface area (Å²) in [4.78, 5) is 79.0. The molecule has 0 saturated carbocycles. The van der Waals surface area contributed by atoms with Crippen LogP contribution in [0.15, 0.2) is 60.7 Å². The molecule has 2 aliphatic rings. The average molecular weight is 963 g/mol. The molecule has 388 valence electrons. The van der Waals surface area contributed by atoms with E-state index < -0.39 is 52.2 Å². The summed E-state index contributed by atoms with van der Waals surface area (Å²) in [5.41, 5.74) is -0.0200. The van der Waals surface area contributed by atoms with Gasteiger partial charge >= 0.3 is 17.9 Å². The van der Waals surface area contributed by atoms with Gasteiger partial charge in [-0.15, -0.1) is 0 Å². The van der Waals surface area contributed by atoms with Crippen molar-refractivity contribution < 1.29 is 47.9 Å². The van der Waals surface area contributed by atoms with E-state index in [-0.39, 0.29) is 47.8 Å². The summed E-state index contributed by atoms with van der Waals surface area (Å²) in [6, 6.07) is 20.1. The van der Waals surface area contributed by atoms with E-state index >= 15 is 0 Å². The predicted molar refractivity (Wildman–Crippen MR) is 272 cm³/mol. The summed E-state index contributed by atoms with van der Waals surface area (Å²) in [7, 11) is 1.30. The Morgan fingerprint density at radius 1 is 0.594 bits per heavy atom. The fraction of sp³-hybridized carbons (Fsp3) is 0.702. The van der Waals surface area contributed by atoms with Gasteiger partial charge in [0.05, 0.1) is 48.4 Å². The van der Waals surface area contributed by atoms with Crippen LogP contribution in [-0.2, 0) is 47.9 Å². The number of hydroxylamine groups is 4. The van der Waals surface area contributed by atoms with Crippen LogP contribution in [-0.4, -0.2) is 94.3 Å². The second-order valence-corrected chi connectivity index (χ2v) is 20.8. The van der Waals surface area contributed by atoms with Crippen molar-refractivity contribution in [1.82, 2.24) is 10.1 Å². The van der Waals surface area contributed by atoms with Crippen molar-refractivity contribution in [1.29, 1.82) is 0 Å². The fourth-order valence-corrected chi connectivity index (χ4v) is 9.95. The maximum atomic E-state index is 13.5. The van der Waals surface area contributed by atoms with Crippen LogP contribution in [0.25, 0.3) is 0 Å². The molecule has 2 fully saturated rings. The first-order valence-corrected chi connectivity index (χ1v) is 26.1. The molecule has 2 aliphatic heterocycles. The zero-order valence-electron chi connectivity index (χ0n) is 45.2. The lowest BCUT2D eigenvalue weighted by Crippen LogP contribution is -2.68. The smallest absolute Gasteiger partial charge is 0.338 e. The van der Waals surface area contributed by atoms with Crippen LogP contribution in [0.3, 0.4) is 0 Å². The molecule has 2 heterocycles. The molecule has 69 heavy (non-hydrogen) atoms. The summed E-state index contributed by atoms with van der Waals surface area (Å²) < 4.78 is 16.4. The molecular formula is C57H90N2O10. The van der Waals surface area contributed by atoms with Crippen molar-refractivity contribution in [3.8, 4) is 0 Å². The van der Waals surface area contributed by atoms with E-state index in [1.54, 1.807) is 0 Å². The first-order chi connectivity index (χ1) is 32.6. The highest BCUT2D eigenvalue weighted by Crippen LogP contribution is 2.47. The number of ketones is 2. The molecule has 0 N–H and O–H groups in total. The topological polar surface area (TPSA) is 138 Å². The molecular weight excluding hydrogens is 873 g/mol. The minimum atomic E-state index is -1.21. The molecule has 0 radical (unpaired) electrons. The van der Waals surface area contributed by atoms with Crippen molar-refractivity contribution in [3.63, 3.8) is 0 Å². The van der Waals surface area contributed by atoms with Gasteiger partial charge in [-0.05, 0) is 102 Å². The van der Waals surface area contributed by atoms with Gasteiger partial charge in [0, 0.05) is 24.7 Å².